The number of carbonyl (C=O) groups is 2. The highest BCUT2D eigenvalue weighted by Crippen LogP contribution is 2.20. The molecule has 0 saturated carbocycles. The van der Waals surface area contributed by atoms with Crippen molar-refractivity contribution in [1.82, 2.24) is 0 Å². The molecule has 0 amide bonds. The maximum atomic E-state index is 12.2. The lowest BCUT2D eigenvalue weighted by Gasteiger charge is -2.30. The third-order valence-electron chi connectivity index (χ3n) is 3.79. The van der Waals surface area contributed by atoms with E-state index in [0.717, 1.165) is 6.42 Å². The summed E-state index contributed by atoms with van der Waals surface area (Å²) in [5.74, 6) is -1.04. The van der Waals surface area contributed by atoms with Gasteiger partial charge in [0.05, 0.1) is 24.9 Å². The van der Waals surface area contributed by atoms with Crippen LogP contribution in [0.25, 0.3) is 0 Å². The van der Waals surface area contributed by atoms with Crippen LogP contribution in [0, 0.1) is 0 Å². The number of ether oxygens (including phenoxy) is 3. The van der Waals surface area contributed by atoms with Crippen molar-refractivity contribution in [2.24, 2.45) is 0 Å². The highest BCUT2D eigenvalue weighted by Gasteiger charge is 2.28. The van der Waals surface area contributed by atoms with E-state index in [-0.39, 0.29) is 6.42 Å². The van der Waals surface area contributed by atoms with Crippen molar-refractivity contribution in [2.45, 2.75) is 37.6 Å². The largest absolute Gasteiger partial charge is 0.466 e. The molecule has 1 fully saturated rings. The van der Waals surface area contributed by atoms with Crippen molar-refractivity contribution in [3.05, 3.63) is 48.0 Å². The van der Waals surface area contributed by atoms with Crippen molar-refractivity contribution in [2.75, 3.05) is 13.7 Å². The number of methoxy groups -OCH3 is 1. The van der Waals surface area contributed by atoms with Crippen LogP contribution >= 0.6 is 0 Å². The van der Waals surface area contributed by atoms with E-state index in [1.165, 1.54) is 19.3 Å². The molecule has 0 aromatic heterocycles. The average Bonchev–Trinajstić information content (AvgIpc) is 2.61. The van der Waals surface area contributed by atoms with Crippen LogP contribution in [0.1, 0.15) is 29.6 Å². The zero-order valence-corrected chi connectivity index (χ0v) is 13.6. The Morgan fingerprint density at radius 3 is 2.79 bits per heavy atom. The molecule has 0 spiro atoms. The molecular formula is C18H22O6. The predicted octanol–water partition coefficient (Wildman–Crippen LogP) is 1.87. The normalized spacial score (nSPS) is 22.1. The molecule has 24 heavy (non-hydrogen) atoms. The number of hydrogen-bond acceptors (Lipinski definition) is 6. The Bertz CT molecular complexity index is 568. The van der Waals surface area contributed by atoms with E-state index in [4.69, 9.17) is 9.47 Å². The Kier molecular flexibility index (Phi) is 6.96. The van der Waals surface area contributed by atoms with Gasteiger partial charge in [-0.1, -0.05) is 18.2 Å². The van der Waals surface area contributed by atoms with Crippen LogP contribution in [0.4, 0.5) is 0 Å². The van der Waals surface area contributed by atoms with E-state index in [0.29, 0.717) is 18.6 Å². The van der Waals surface area contributed by atoms with Gasteiger partial charge in [0.25, 0.3) is 0 Å². The second-order valence-electron chi connectivity index (χ2n) is 5.55. The van der Waals surface area contributed by atoms with Crippen molar-refractivity contribution < 1.29 is 28.9 Å². The summed E-state index contributed by atoms with van der Waals surface area (Å²) in [7, 11) is 1.27. The van der Waals surface area contributed by atoms with E-state index in [1.807, 2.05) is 0 Å². The molecule has 0 unspecified atom stereocenters. The lowest BCUT2D eigenvalue weighted by Crippen LogP contribution is -2.37. The van der Waals surface area contributed by atoms with Gasteiger partial charge in [0, 0.05) is 19.1 Å². The first-order valence-electron chi connectivity index (χ1n) is 7.92. The second kappa shape index (κ2) is 9.20. The third kappa shape index (κ3) is 5.47. The number of hydrogen-bond donors (Lipinski definition) is 1. The fourth-order valence-electron chi connectivity index (χ4n) is 2.48. The van der Waals surface area contributed by atoms with Gasteiger partial charge < -0.3 is 19.3 Å². The molecule has 6 nitrogen and oxygen atoms in total. The highest BCUT2D eigenvalue weighted by atomic mass is 16.5. The summed E-state index contributed by atoms with van der Waals surface area (Å²) >= 11 is 0. The summed E-state index contributed by atoms with van der Waals surface area (Å²) in [6.45, 7) is 0.557. The van der Waals surface area contributed by atoms with Gasteiger partial charge in [0.15, 0.2) is 0 Å². The molecule has 1 aromatic carbocycles. The molecule has 1 aromatic rings. The molecule has 1 aliphatic heterocycles. The summed E-state index contributed by atoms with van der Waals surface area (Å²) < 4.78 is 15.6. The maximum absolute atomic E-state index is 12.2. The summed E-state index contributed by atoms with van der Waals surface area (Å²) in [4.78, 5) is 23.5. The molecule has 3 atom stereocenters. The molecule has 2 rings (SSSR count). The Hall–Kier alpha value is -2.18. The Labute approximate surface area is 141 Å². The summed E-state index contributed by atoms with van der Waals surface area (Å²) in [5, 5.41) is 10.0. The highest BCUT2D eigenvalue weighted by molar-refractivity contribution is 5.89. The molecule has 0 aliphatic carbocycles. The Balaban J connectivity index is 2.05. The van der Waals surface area contributed by atoms with Gasteiger partial charge in [-0.05, 0) is 31.1 Å². The van der Waals surface area contributed by atoms with Crippen LogP contribution in [0.2, 0.25) is 0 Å². The average molecular weight is 334 g/mol. The molecule has 1 N–H and O–H groups in total. The van der Waals surface area contributed by atoms with Crippen LogP contribution < -0.4 is 0 Å². The topological polar surface area (TPSA) is 82.1 Å². The van der Waals surface area contributed by atoms with Crippen LogP contribution in [0.15, 0.2) is 42.5 Å². The quantitative estimate of drug-likeness (QED) is 0.632. The summed E-state index contributed by atoms with van der Waals surface area (Å²) in [5.41, 5.74) is 0.416. The first kappa shape index (κ1) is 18.2. The van der Waals surface area contributed by atoms with E-state index >= 15 is 0 Å². The van der Waals surface area contributed by atoms with E-state index in [2.05, 4.69) is 4.74 Å². The van der Waals surface area contributed by atoms with Crippen LogP contribution in [-0.2, 0) is 19.0 Å². The second-order valence-corrected chi connectivity index (χ2v) is 5.55. The minimum absolute atomic E-state index is 0.271. The van der Waals surface area contributed by atoms with Crippen LogP contribution in [0.3, 0.4) is 0 Å². The monoisotopic (exact) mass is 334 g/mol. The lowest BCUT2D eigenvalue weighted by molar-refractivity contribution is -0.134. The van der Waals surface area contributed by atoms with Gasteiger partial charge in [-0.3, -0.25) is 0 Å². The molecule has 130 valence electrons. The SMILES string of the molecule is COC(=O)/C=C\[C@@H](C[C@H]1OCCC[C@H]1O)OC(=O)c1ccccc1. The molecule has 1 saturated heterocycles. The molecule has 0 bridgehead atoms. The van der Waals surface area contributed by atoms with E-state index in [9.17, 15) is 14.7 Å². The van der Waals surface area contributed by atoms with Gasteiger partial charge in [-0.15, -0.1) is 0 Å². The molecule has 1 heterocycles. The van der Waals surface area contributed by atoms with Crippen molar-refractivity contribution >= 4 is 11.9 Å². The Morgan fingerprint density at radius 2 is 2.12 bits per heavy atom. The van der Waals surface area contributed by atoms with Gasteiger partial charge in [-0.25, -0.2) is 9.59 Å². The molecular weight excluding hydrogens is 312 g/mol. The Morgan fingerprint density at radius 1 is 1.38 bits per heavy atom. The standard InChI is InChI=1S/C18H22O6/c1-22-17(20)10-9-14(12-16-15(19)8-5-11-23-16)24-18(21)13-6-3-2-4-7-13/h2-4,6-7,9-10,14-16,19H,5,8,11-12H2,1H3/b10-9-/t14-,15+,16+/m0/s1. The molecule has 1 aliphatic rings. The van der Waals surface area contributed by atoms with Crippen LogP contribution in [-0.4, -0.2) is 49.1 Å². The minimum Gasteiger partial charge on any atom is -0.466 e. The zero-order valence-electron chi connectivity index (χ0n) is 13.6. The summed E-state index contributed by atoms with van der Waals surface area (Å²) in [6.07, 6.45) is 2.63. The number of benzene rings is 1. The zero-order chi connectivity index (χ0) is 17.4. The smallest absolute Gasteiger partial charge is 0.338 e. The van der Waals surface area contributed by atoms with Gasteiger partial charge >= 0.3 is 11.9 Å². The van der Waals surface area contributed by atoms with Crippen molar-refractivity contribution in [1.29, 1.82) is 0 Å². The predicted molar refractivity (Wildman–Crippen MR) is 86.4 cm³/mol. The number of carbonyl (C=O) groups excluding carboxylic acids is 2. The number of aliphatic hydroxyl groups is 1. The van der Waals surface area contributed by atoms with Gasteiger partial charge in [0.1, 0.15) is 6.10 Å². The first-order chi connectivity index (χ1) is 11.6. The fourth-order valence-corrected chi connectivity index (χ4v) is 2.48. The third-order valence-corrected chi connectivity index (χ3v) is 3.79. The van der Waals surface area contributed by atoms with Crippen molar-refractivity contribution in [3.63, 3.8) is 0 Å². The van der Waals surface area contributed by atoms with E-state index in [1.54, 1.807) is 30.3 Å². The fraction of sp³-hybridized carbons (Fsp3) is 0.444. The number of rotatable bonds is 6. The van der Waals surface area contributed by atoms with Gasteiger partial charge in [-0.2, -0.15) is 0 Å². The lowest BCUT2D eigenvalue weighted by atomic mass is 10.00. The number of aliphatic hydroxyl groups excluding tert-OH is 1. The van der Waals surface area contributed by atoms with E-state index < -0.39 is 30.3 Å². The first-order valence-corrected chi connectivity index (χ1v) is 7.92. The molecule has 6 heteroatoms. The molecule has 0 radical (unpaired) electrons. The maximum Gasteiger partial charge on any atom is 0.338 e. The van der Waals surface area contributed by atoms with Gasteiger partial charge in [0.2, 0.25) is 0 Å². The summed E-state index contributed by atoms with van der Waals surface area (Å²) in [6, 6.07) is 8.58. The number of esters is 2. The van der Waals surface area contributed by atoms with Crippen molar-refractivity contribution in [3.8, 4) is 0 Å². The minimum atomic E-state index is -0.699. The van der Waals surface area contributed by atoms with Crippen LogP contribution in [0.5, 0.6) is 0 Å².